The van der Waals surface area contributed by atoms with Crippen LogP contribution in [0.4, 0.5) is 5.69 Å². The monoisotopic (exact) mass is 310 g/mol. The van der Waals surface area contributed by atoms with Gasteiger partial charge in [0, 0.05) is 18.3 Å². The molecule has 4 nitrogen and oxygen atoms in total. The van der Waals surface area contributed by atoms with E-state index in [2.05, 4.69) is 17.4 Å². The van der Waals surface area contributed by atoms with Crippen LogP contribution in [0.5, 0.6) is 0 Å². The number of aliphatic hydroxyl groups excluding tert-OH is 1. The maximum atomic E-state index is 12.6. The summed E-state index contributed by atoms with van der Waals surface area (Å²) in [4.78, 5) is 14.5. The summed E-state index contributed by atoms with van der Waals surface area (Å²) in [7, 11) is 0. The third-order valence-corrected chi connectivity index (χ3v) is 4.06. The molecule has 0 aromatic heterocycles. The Balaban J connectivity index is 1.60. The molecule has 1 amide bonds. The lowest BCUT2D eigenvalue weighted by atomic mass is 10.2. The highest BCUT2D eigenvalue weighted by Gasteiger charge is 2.32. The maximum Gasteiger partial charge on any atom is 0.242 e. The molecule has 0 saturated heterocycles. The first-order chi connectivity index (χ1) is 11.3. The summed E-state index contributed by atoms with van der Waals surface area (Å²) in [5.41, 5.74) is 2.86. The van der Waals surface area contributed by atoms with Gasteiger partial charge >= 0.3 is 0 Å². The summed E-state index contributed by atoms with van der Waals surface area (Å²) in [6, 6.07) is 18.0. The van der Waals surface area contributed by atoms with Gasteiger partial charge in [-0.05, 0) is 36.1 Å². The molecule has 120 valence electrons. The fourth-order valence-electron chi connectivity index (χ4n) is 2.65. The summed E-state index contributed by atoms with van der Waals surface area (Å²) < 4.78 is 0. The Morgan fingerprint density at radius 3 is 2.52 bits per heavy atom. The Kier molecular flexibility index (Phi) is 4.93. The van der Waals surface area contributed by atoms with Crippen LogP contribution in [0.1, 0.15) is 24.0 Å². The fourth-order valence-corrected chi connectivity index (χ4v) is 2.65. The van der Waals surface area contributed by atoms with Crippen LogP contribution in [0, 0.1) is 0 Å². The third kappa shape index (κ3) is 4.33. The minimum Gasteiger partial charge on any atom is -0.392 e. The van der Waals surface area contributed by atoms with Gasteiger partial charge in [0.15, 0.2) is 0 Å². The molecule has 1 saturated carbocycles. The first-order valence-corrected chi connectivity index (χ1v) is 8.03. The lowest BCUT2D eigenvalue weighted by Crippen LogP contribution is -2.36. The van der Waals surface area contributed by atoms with Crippen LogP contribution < -0.4 is 5.32 Å². The Bertz CT molecular complexity index is 653. The van der Waals surface area contributed by atoms with Crippen molar-refractivity contribution in [3.05, 3.63) is 65.7 Å². The molecule has 1 aliphatic carbocycles. The zero-order valence-electron chi connectivity index (χ0n) is 13.1. The lowest BCUT2D eigenvalue weighted by Gasteiger charge is -2.23. The van der Waals surface area contributed by atoms with Gasteiger partial charge in [-0.3, -0.25) is 4.79 Å². The minimum absolute atomic E-state index is 0.00563. The average molecular weight is 310 g/mol. The number of carbonyl (C=O) groups is 1. The predicted octanol–water partition coefficient (Wildman–Crippen LogP) is 2.78. The number of amides is 1. The van der Waals surface area contributed by atoms with E-state index in [0.717, 1.165) is 29.7 Å². The van der Waals surface area contributed by atoms with Gasteiger partial charge in [-0.2, -0.15) is 0 Å². The summed E-state index contributed by atoms with van der Waals surface area (Å²) in [6.07, 6.45) is 2.19. The van der Waals surface area contributed by atoms with Gasteiger partial charge in [-0.25, -0.2) is 0 Å². The molecule has 0 bridgehead atoms. The molecule has 0 spiro atoms. The number of carbonyl (C=O) groups excluding carboxylic acids is 1. The van der Waals surface area contributed by atoms with E-state index in [-0.39, 0.29) is 19.1 Å². The Morgan fingerprint density at radius 2 is 1.83 bits per heavy atom. The molecule has 2 aromatic rings. The van der Waals surface area contributed by atoms with E-state index in [1.807, 2.05) is 47.4 Å². The molecule has 2 aromatic carbocycles. The molecule has 1 fully saturated rings. The van der Waals surface area contributed by atoms with Crippen molar-refractivity contribution in [2.75, 3.05) is 11.9 Å². The highest BCUT2D eigenvalue weighted by molar-refractivity contribution is 5.81. The smallest absolute Gasteiger partial charge is 0.242 e. The van der Waals surface area contributed by atoms with Gasteiger partial charge in [-0.15, -0.1) is 0 Å². The average Bonchev–Trinajstić information content (AvgIpc) is 3.43. The van der Waals surface area contributed by atoms with Crippen LogP contribution in [0.2, 0.25) is 0 Å². The van der Waals surface area contributed by atoms with Gasteiger partial charge < -0.3 is 15.3 Å². The normalized spacial score (nSPS) is 13.6. The van der Waals surface area contributed by atoms with Crippen molar-refractivity contribution < 1.29 is 9.90 Å². The summed E-state index contributed by atoms with van der Waals surface area (Å²) >= 11 is 0. The molecular weight excluding hydrogens is 288 g/mol. The van der Waals surface area contributed by atoms with Gasteiger partial charge in [0.25, 0.3) is 0 Å². The van der Waals surface area contributed by atoms with Crippen LogP contribution in [-0.4, -0.2) is 28.5 Å². The van der Waals surface area contributed by atoms with E-state index >= 15 is 0 Å². The second kappa shape index (κ2) is 7.29. The van der Waals surface area contributed by atoms with Crippen molar-refractivity contribution in [3.8, 4) is 0 Å². The SMILES string of the molecule is O=C(CNc1cccc(CO)c1)N(Cc1ccccc1)C1CC1. The molecule has 4 heteroatoms. The van der Waals surface area contributed by atoms with Crippen molar-refractivity contribution in [3.63, 3.8) is 0 Å². The lowest BCUT2D eigenvalue weighted by molar-refractivity contribution is -0.130. The number of hydrogen-bond acceptors (Lipinski definition) is 3. The van der Waals surface area contributed by atoms with Crippen LogP contribution in [0.25, 0.3) is 0 Å². The number of benzene rings is 2. The number of aliphatic hydroxyl groups is 1. The molecule has 0 radical (unpaired) electrons. The number of rotatable bonds is 7. The Labute approximate surface area is 136 Å². The van der Waals surface area contributed by atoms with Crippen molar-refractivity contribution in [1.82, 2.24) is 4.90 Å². The molecule has 0 aliphatic heterocycles. The summed E-state index contributed by atoms with van der Waals surface area (Å²) in [5.74, 6) is 0.116. The molecule has 0 atom stereocenters. The quantitative estimate of drug-likeness (QED) is 0.827. The van der Waals surface area contributed by atoms with E-state index in [9.17, 15) is 4.79 Å². The second-order valence-electron chi connectivity index (χ2n) is 5.95. The summed E-state index contributed by atoms with van der Waals surface area (Å²) in [5, 5.41) is 12.3. The van der Waals surface area contributed by atoms with Gasteiger partial charge in [0.2, 0.25) is 5.91 Å². The molecule has 3 rings (SSSR count). The summed E-state index contributed by atoms with van der Waals surface area (Å²) in [6.45, 7) is 0.951. The molecule has 2 N–H and O–H groups in total. The van der Waals surface area contributed by atoms with E-state index < -0.39 is 0 Å². The molecule has 1 aliphatic rings. The largest absolute Gasteiger partial charge is 0.392 e. The fraction of sp³-hybridized carbons (Fsp3) is 0.316. The van der Waals surface area contributed by atoms with Crippen molar-refractivity contribution in [2.45, 2.75) is 32.0 Å². The minimum atomic E-state index is 0.00563. The number of anilines is 1. The molecular formula is C19H22N2O2. The first kappa shape index (κ1) is 15.6. The first-order valence-electron chi connectivity index (χ1n) is 8.03. The standard InChI is InChI=1S/C19H22N2O2/c22-14-16-7-4-8-17(11-16)20-12-19(23)21(18-9-10-18)13-15-5-2-1-3-6-15/h1-8,11,18,20,22H,9-10,12-14H2. The third-order valence-electron chi connectivity index (χ3n) is 4.06. The zero-order chi connectivity index (χ0) is 16.1. The Hall–Kier alpha value is -2.33. The second-order valence-corrected chi connectivity index (χ2v) is 5.95. The number of nitrogens with one attached hydrogen (secondary N) is 1. The molecule has 0 unspecified atom stereocenters. The van der Waals surface area contributed by atoms with Gasteiger partial charge in [-0.1, -0.05) is 42.5 Å². The van der Waals surface area contributed by atoms with Crippen molar-refractivity contribution in [2.24, 2.45) is 0 Å². The zero-order valence-corrected chi connectivity index (χ0v) is 13.1. The molecule has 0 heterocycles. The Morgan fingerprint density at radius 1 is 1.09 bits per heavy atom. The maximum absolute atomic E-state index is 12.6. The highest BCUT2D eigenvalue weighted by atomic mass is 16.3. The van der Waals surface area contributed by atoms with Crippen LogP contribution >= 0.6 is 0 Å². The number of nitrogens with zero attached hydrogens (tertiary/aromatic N) is 1. The van der Waals surface area contributed by atoms with Crippen molar-refractivity contribution >= 4 is 11.6 Å². The van der Waals surface area contributed by atoms with E-state index in [4.69, 9.17) is 5.11 Å². The topological polar surface area (TPSA) is 52.6 Å². The van der Waals surface area contributed by atoms with Crippen molar-refractivity contribution in [1.29, 1.82) is 0 Å². The van der Waals surface area contributed by atoms with Crippen LogP contribution in [-0.2, 0) is 17.9 Å². The van der Waals surface area contributed by atoms with E-state index in [1.54, 1.807) is 0 Å². The van der Waals surface area contributed by atoms with E-state index in [0.29, 0.717) is 12.6 Å². The predicted molar refractivity (Wildman–Crippen MR) is 90.9 cm³/mol. The van der Waals surface area contributed by atoms with Crippen LogP contribution in [0.3, 0.4) is 0 Å². The highest BCUT2D eigenvalue weighted by Crippen LogP contribution is 2.28. The van der Waals surface area contributed by atoms with Crippen LogP contribution in [0.15, 0.2) is 54.6 Å². The number of hydrogen-bond donors (Lipinski definition) is 2. The molecule has 23 heavy (non-hydrogen) atoms. The van der Waals surface area contributed by atoms with Gasteiger partial charge in [0.05, 0.1) is 13.2 Å². The van der Waals surface area contributed by atoms with Gasteiger partial charge in [0.1, 0.15) is 0 Å². The van der Waals surface area contributed by atoms with E-state index in [1.165, 1.54) is 0 Å².